The van der Waals surface area contributed by atoms with E-state index in [9.17, 15) is 33.9 Å². The second-order valence-electron chi connectivity index (χ2n) is 21.1. The van der Waals surface area contributed by atoms with Crippen molar-refractivity contribution in [1.29, 1.82) is 0 Å². The van der Waals surface area contributed by atoms with Gasteiger partial charge in [0.1, 0.15) is 29.1 Å². The number of aromatic nitrogens is 4. The molecule has 0 radical (unpaired) electrons. The Kier molecular flexibility index (Phi) is 12.0. The number of nitrogens with one attached hydrogen (secondary N) is 2. The van der Waals surface area contributed by atoms with Crippen LogP contribution in [0.15, 0.2) is 65.7 Å². The Labute approximate surface area is 423 Å². The number of aryl methyl sites for hydroxylation is 1. The van der Waals surface area contributed by atoms with Gasteiger partial charge in [0, 0.05) is 106 Å². The van der Waals surface area contributed by atoms with Crippen LogP contribution >= 0.6 is 0 Å². The maximum atomic E-state index is 15.0. The number of hydrogen-bond donors (Lipinski definition) is 3. The van der Waals surface area contributed by atoms with Gasteiger partial charge in [-0.25, -0.2) is 9.97 Å². The molecule has 5 aliphatic heterocycles. The SMILES string of the molecule is C[C@H]1CN(C2CCN(c3ccc4c(c3)C(=O)N(C3CCC(=O)NC3=O)C4=O)CC2)CCN1c1ccc(Nc2cc(-c3ccnc(N4CCn5c(cc6c5CC(C)(C)C6)C4=O)c3CO)cn(C)c2=O)nc1C(F)(F)F. The Hall–Kier alpha value is -7.39. The van der Waals surface area contributed by atoms with Crippen molar-refractivity contribution in [3.05, 3.63) is 111 Å². The number of aliphatic hydroxyl groups excluding tert-OH is 1. The van der Waals surface area contributed by atoms with Crippen LogP contribution in [0, 0.1) is 5.41 Å². The maximum absolute atomic E-state index is 15.0. The summed E-state index contributed by atoms with van der Waals surface area (Å²) in [6, 6.07) is 11.8. The van der Waals surface area contributed by atoms with Crippen LogP contribution in [0.3, 0.4) is 0 Å². The number of piperidine rings is 2. The Bertz CT molecular complexity index is 3250. The average Bonchev–Trinajstić information content (AvgIpc) is 3.96. The normalized spacial score (nSPS) is 21.3. The molecular formula is C53H56F3N11O7. The molecule has 0 saturated carbocycles. The number of rotatable bonds is 9. The molecule has 0 spiro atoms. The molecule has 9 heterocycles. The van der Waals surface area contributed by atoms with Crippen LogP contribution in [0.2, 0.25) is 0 Å². The lowest BCUT2D eigenvalue weighted by molar-refractivity contribution is -0.140. The van der Waals surface area contributed by atoms with E-state index in [-0.39, 0.29) is 70.4 Å². The Morgan fingerprint density at radius 2 is 1.62 bits per heavy atom. The summed E-state index contributed by atoms with van der Waals surface area (Å²) in [7, 11) is 1.52. The summed E-state index contributed by atoms with van der Waals surface area (Å²) < 4.78 is 48.4. The van der Waals surface area contributed by atoms with E-state index in [1.54, 1.807) is 40.3 Å². The largest absolute Gasteiger partial charge is 0.435 e. The fourth-order valence-corrected chi connectivity index (χ4v) is 12.1. The fraction of sp³-hybridized carbons (Fsp3) is 0.434. The summed E-state index contributed by atoms with van der Waals surface area (Å²) in [6.07, 6.45) is 1.62. The van der Waals surface area contributed by atoms with Crippen LogP contribution in [0.1, 0.15) is 100 Å². The predicted molar refractivity (Wildman–Crippen MR) is 267 cm³/mol. The number of fused-ring (bicyclic) bond motifs is 4. The third-order valence-corrected chi connectivity index (χ3v) is 15.7. The van der Waals surface area contributed by atoms with E-state index in [1.165, 1.54) is 47.3 Å². The van der Waals surface area contributed by atoms with Gasteiger partial charge in [-0.05, 0) is 104 Å². The molecule has 386 valence electrons. The van der Waals surface area contributed by atoms with Crippen molar-refractivity contribution in [2.75, 3.05) is 59.3 Å². The third kappa shape index (κ3) is 8.48. The molecule has 0 bridgehead atoms. The standard InChI is InChI=1S/C53H56F3N11O7/c1-29-26-63(32-12-15-62(16-13-32)33-5-6-35-36(23-33)49(72)67(48(35)71)40-8-10-44(69)60-47(40)70)17-18-64(29)39-7-9-43(59-45(39)53(54,55)56)58-38-21-31(27-61(4)50(38)73)34-11-14-57-46(37(34)28-68)66-20-19-65-41(51(66)74)22-30-24-52(2,3)25-42(30)65/h5-7,9,11,14,21-23,27,29,32,40,68H,8,10,12-13,15-20,24-26,28H2,1-4H3,(H,58,59)(H,60,69,70)/t29-,40?/m0/s1. The third-order valence-electron chi connectivity index (χ3n) is 15.7. The van der Waals surface area contributed by atoms with Gasteiger partial charge in [-0.15, -0.1) is 0 Å². The minimum Gasteiger partial charge on any atom is -0.392 e. The molecule has 3 fully saturated rings. The van der Waals surface area contributed by atoms with Gasteiger partial charge in [0.05, 0.1) is 23.4 Å². The zero-order valence-corrected chi connectivity index (χ0v) is 41.5. The highest BCUT2D eigenvalue weighted by Gasteiger charge is 2.46. The van der Waals surface area contributed by atoms with Crippen LogP contribution in [0.5, 0.6) is 0 Å². The summed E-state index contributed by atoms with van der Waals surface area (Å²) in [6.45, 7) is 9.33. The molecule has 18 nitrogen and oxygen atoms in total. The summed E-state index contributed by atoms with van der Waals surface area (Å²) in [4.78, 5) is 95.9. The summed E-state index contributed by atoms with van der Waals surface area (Å²) in [5, 5.41) is 15.9. The first-order valence-corrected chi connectivity index (χ1v) is 25.1. The van der Waals surface area contributed by atoms with Gasteiger partial charge in [0.25, 0.3) is 23.3 Å². The summed E-state index contributed by atoms with van der Waals surface area (Å²) in [5.74, 6) is -2.38. The lowest BCUT2D eigenvalue weighted by Crippen LogP contribution is -2.57. The van der Waals surface area contributed by atoms with Crippen molar-refractivity contribution >= 4 is 58.2 Å². The molecule has 6 aliphatic rings. The lowest BCUT2D eigenvalue weighted by atomic mass is 9.90. The number of anilines is 5. The number of amides is 5. The monoisotopic (exact) mass is 1020 g/mol. The van der Waals surface area contributed by atoms with Gasteiger partial charge in [0.2, 0.25) is 11.8 Å². The van der Waals surface area contributed by atoms with Crippen LogP contribution in [0.25, 0.3) is 11.1 Å². The smallest absolute Gasteiger partial charge is 0.392 e. The minimum absolute atomic E-state index is 0.0311. The highest BCUT2D eigenvalue weighted by atomic mass is 19.4. The molecule has 5 aromatic rings. The van der Waals surface area contributed by atoms with E-state index >= 15 is 13.2 Å². The van der Waals surface area contributed by atoms with E-state index in [0.29, 0.717) is 68.2 Å². The van der Waals surface area contributed by atoms with Crippen molar-refractivity contribution < 1.29 is 42.3 Å². The molecule has 1 unspecified atom stereocenters. The van der Waals surface area contributed by atoms with E-state index in [2.05, 4.69) is 48.8 Å². The summed E-state index contributed by atoms with van der Waals surface area (Å²) >= 11 is 0. The molecule has 4 aromatic heterocycles. The zero-order chi connectivity index (χ0) is 52.1. The Balaban J connectivity index is 0.762. The van der Waals surface area contributed by atoms with Crippen LogP contribution in [-0.2, 0) is 48.8 Å². The lowest BCUT2D eigenvalue weighted by Gasteiger charge is -2.47. The predicted octanol–water partition coefficient (Wildman–Crippen LogP) is 5.26. The molecule has 5 amide bonds. The first-order chi connectivity index (χ1) is 35.3. The Morgan fingerprint density at radius 3 is 2.35 bits per heavy atom. The summed E-state index contributed by atoms with van der Waals surface area (Å²) in [5.41, 5.74) is 3.80. The van der Waals surface area contributed by atoms with Gasteiger partial charge < -0.3 is 29.4 Å². The zero-order valence-electron chi connectivity index (χ0n) is 41.5. The van der Waals surface area contributed by atoms with Crippen LogP contribution < -0.4 is 30.9 Å². The number of nitrogens with zero attached hydrogens (tertiary/aromatic N) is 9. The maximum Gasteiger partial charge on any atom is 0.435 e. The molecule has 3 saturated heterocycles. The van der Waals surface area contributed by atoms with Gasteiger partial charge >= 0.3 is 6.18 Å². The van der Waals surface area contributed by atoms with Crippen LogP contribution in [0.4, 0.5) is 41.9 Å². The first kappa shape index (κ1) is 48.9. The molecule has 11 rings (SSSR count). The van der Waals surface area contributed by atoms with E-state index in [4.69, 9.17) is 0 Å². The highest BCUT2D eigenvalue weighted by molar-refractivity contribution is 6.23. The second-order valence-corrected chi connectivity index (χ2v) is 21.1. The number of piperazine rings is 1. The van der Waals surface area contributed by atoms with E-state index in [0.717, 1.165) is 36.3 Å². The quantitative estimate of drug-likeness (QED) is 0.162. The molecule has 21 heteroatoms. The van der Waals surface area contributed by atoms with Crippen molar-refractivity contribution in [1.82, 2.24) is 34.2 Å². The van der Waals surface area contributed by atoms with Crippen molar-refractivity contribution in [2.45, 2.75) is 96.7 Å². The number of pyridine rings is 3. The first-order valence-electron chi connectivity index (χ1n) is 25.1. The molecule has 1 aromatic carbocycles. The number of carbonyl (C=O) groups excluding carboxylic acids is 5. The van der Waals surface area contributed by atoms with Crippen molar-refractivity contribution in [3.8, 4) is 11.1 Å². The number of carbonyl (C=O) groups is 5. The van der Waals surface area contributed by atoms with Crippen molar-refractivity contribution in [3.63, 3.8) is 0 Å². The fourth-order valence-electron chi connectivity index (χ4n) is 12.1. The van der Waals surface area contributed by atoms with E-state index < -0.39 is 53.7 Å². The molecule has 74 heavy (non-hydrogen) atoms. The number of alkyl halides is 3. The molecule has 2 atom stereocenters. The van der Waals surface area contributed by atoms with Gasteiger partial charge in [-0.3, -0.25) is 48.8 Å². The number of imide groups is 2. The Morgan fingerprint density at radius 1 is 0.851 bits per heavy atom. The molecule has 3 N–H and O–H groups in total. The average molecular weight is 1020 g/mol. The van der Waals surface area contributed by atoms with E-state index in [1.807, 2.05) is 13.0 Å². The highest BCUT2D eigenvalue weighted by Crippen LogP contribution is 2.42. The number of halogens is 3. The number of hydrogen-bond acceptors (Lipinski definition) is 13. The van der Waals surface area contributed by atoms with Gasteiger partial charge in [-0.1, -0.05) is 13.8 Å². The molecular weight excluding hydrogens is 960 g/mol. The molecule has 1 aliphatic carbocycles. The van der Waals surface area contributed by atoms with Gasteiger partial charge in [-0.2, -0.15) is 13.2 Å². The number of benzene rings is 1. The topological polar surface area (TPSA) is 199 Å². The van der Waals surface area contributed by atoms with Crippen molar-refractivity contribution in [2.24, 2.45) is 12.5 Å². The number of aliphatic hydroxyl groups is 1. The second kappa shape index (κ2) is 18.2. The minimum atomic E-state index is -4.84. The van der Waals surface area contributed by atoms with Gasteiger partial charge in [0.15, 0.2) is 5.69 Å². The van der Waals surface area contributed by atoms with Crippen LogP contribution in [-0.4, -0.2) is 121 Å².